The average molecular weight is 269 g/mol. The topological polar surface area (TPSA) is 35.6 Å². The lowest BCUT2D eigenvalue weighted by Crippen LogP contribution is -2.12. The van der Waals surface area contributed by atoms with E-state index < -0.39 is 0 Å². The fourth-order valence-electron chi connectivity index (χ4n) is 2.32. The highest BCUT2D eigenvalue weighted by atomic mass is 35.5. The van der Waals surface area contributed by atoms with Crippen LogP contribution in [0, 0.1) is 6.92 Å². The minimum Gasteiger partial charge on any atom is -0.309 e. The van der Waals surface area contributed by atoms with Gasteiger partial charge in [0, 0.05) is 12.6 Å². The molecule has 0 fully saturated rings. The number of halogens is 1. The van der Waals surface area contributed by atoms with Gasteiger partial charge in [-0.15, -0.1) is 11.6 Å². The Bertz CT molecular complexity index is 553. The molecule has 2 aromatic rings. The molecule has 100 valence electrons. The van der Waals surface area contributed by atoms with Crippen LogP contribution in [0.15, 0.2) is 0 Å². The first-order chi connectivity index (χ1) is 8.51. The van der Waals surface area contributed by atoms with Gasteiger partial charge in [-0.1, -0.05) is 6.92 Å². The summed E-state index contributed by atoms with van der Waals surface area (Å²) in [5.74, 6) is 0.948. The molecule has 2 heterocycles. The van der Waals surface area contributed by atoms with E-state index in [1.54, 1.807) is 0 Å². The van der Waals surface area contributed by atoms with Gasteiger partial charge in [0.05, 0.1) is 11.1 Å². The first-order valence-corrected chi connectivity index (χ1v) is 7.04. The second-order valence-corrected chi connectivity index (χ2v) is 5.44. The molecule has 0 amide bonds. The molecule has 2 unspecified atom stereocenters. The molecule has 0 aliphatic heterocycles. The van der Waals surface area contributed by atoms with Gasteiger partial charge in [0.15, 0.2) is 5.65 Å². The SMILES string of the molecule is CCC(C)n1c(C(C)Cl)nc2c(C)nn(CC)c21. The van der Waals surface area contributed by atoms with Crippen molar-refractivity contribution in [2.75, 3.05) is 0 Å². The number of nitrogens with zero attached hydrogens (tertiary/aromatic N) is 4. The summed E-state index contributed by atoms with van der Waals surface area (Å²) in [7, 11) is 0. The minimum atomic E-state index is -0.0869. The molecule has 5 heteroatoms. The zero-order valence-corrected chi connectivity index (χ0v) is 12.5. The number of aromatic nitrogens is 4. The highest BCUT2D eigenvalue weighted by Gasteiger charge is 2.23. The molecular formula is C13H21ClN4. The zero-order chi connectivity index (χ0) is 13.4. The van der Waals surface area contributed by atoms with Crippen LogP contribution in [-0.4, -0.2) is 19.3 Å². The van der Waals surface area contributed by atoms with E-state index in [0.29, 0.717) is 6.04 Å². The Morgan fingerprint density at radius 2 is 1.94 bits per heavy atom. The number of hydrogen-bond donors (Lipinski definition) is 0. The lowest BCUT2D eigenvalue weighted by Gasteiger charge is -2.17. The maximum Gasteiger partial charge on any atom is 0.159 e. The molecule has 0 spiro atoms. The Kier molecular flexibility index (Phi) is 3.66. The standard InChI is InChI=1S/C13H21ClN4/c1-6-8(3)18-12(9(4)14)15-11-10(5)16-17(7-2)13(11)18/h8-9H,6-7H2,1-5H3. The Morgan fingerprint density at radius 1 is 1.28 bits per heavy atom. The quantitative estimate of drug-likeness (QED) is 0.790. The second kappa shape index (κ2) is 4.92. The number of fused-ring (bicyclic) bond motifs is 1. The van der Waals surface area contributed by atoms with E-state index in [1.165, 1.54) is 0 Å². The van der Waals surface area contributed by atoms with Crippen LogP contribution in [0.3, 0.4) is 0 Å². The summed E-state index contributed by atoms with van der Waals surface area (Å²) in [5.41, 5.74) is 3.07. The van der Waals surface area contributed by atoms with E-state index >= 15 is 0 Å². The molecule has 2 rings (SSSR count). The molecule has 0 aliphatic carbocycles. The first-order valence-electron chi connectivity index (χ1n) is 6.60. The number of hydrogen-bond acceptors (Lipinski definition) is 2. The van der Waals surface area contributed by atoms with Crippen molar-refractivity contribution in [1.29, 1.82) is 0 Å². The summed E-state index contributed by atoms with van der Waals surface area (Å²) in [6.45, 7) is 11.3. The summed E-state index contributed by atoms with van der Waals surface area (Å²) in [5, 5.41) is 4.45. The molecule has 2 aromatic heterocycles. The predicted molar refractivity (Wildman–Crippen MR) is 75.2 cm³/mol. The zero-order valence-electron chi connectivity index (χ0n) is 11.7. The Balaban J connectivity index is 2.78. The number of aryl methyl sites for hydroxylation is 2. The lowest BCUT2D eigenvalue weighted by atomic mass is 10.2. The molecular weight excluding hydrogens is 248 g/mol. The van der Waals surface area contributed by atoms with Crippen molar-refractivity contribution >= 4 is 22.8 Å². The van der Waals surface area contributed by atoms with E-state index in [0.717, 1.165) is 35.6 Å². The molecule has 0 aliphatic rings. The van der Waals surface area contributed by atoms with E-state index in [-0.39, 0.29) is 5.38 Å². The van der Waals surface area contributed by atoms with E-state index in [2.05, 4.69) is 30.4 Å². The van der Waals surface area contributed by atoms with Gasteiger partial charge in [0.25, 0.3) is 0 Å². The van der Waals surface area contributed by atoms with E-state index in [9.17, 15) is 0 Å². The molecule has 0 bridgehead atoms. The smallest absolute Gasteiger partial charge is 0.159 e. The third-order valence-corrected chi connectivity index (χ3v) is 3.65. The number of imidazole rings is 1. The van der Waals surface area contributed by atoms with Crippen molar-refractivity contribution in [2.45, 2.75) is 59.0 Å². The molecule has 0 N–H and O–H groups in total. The first kappa shape index (κ1) is 13.4. The van der Waals surface area contributed by atoms with Crippen LogP contribution >= 0.6 is 11.6 Å². The third kappa shape index (κ3) is 1.92. The molecule has 4 nitrogen and oxygen atoms in total. The van der Waals surface area contributed by atoms with Crippen LogP contribution in [0.2, 0.25) is 0 Å². The summed E-state index contributed by atoms with van der Waals surface area (Å²) >= 11 is 6.27. The molecule has 0 saturated heterocycles. The van der Waals surface area contributed by atoms with Gasteiger partial charge in [-0.2, -0.15) is 5.10 Å². The van der Waals surface area contributed by atoms with Crippen molar-refractivity contribution in [3.05, 3.63) is 11.5 Å². The van der Waals surface area contributed by atoms with Crippen LogP contribution in [0.1, 0.15) is 57.1 Å². The van der Waals surface area contributed by atoms with E-state index in [1.807, 2.05) is 18.5 Å². The maximum absolute atomic E-state index is 6.27. The van der Waals surface area contributed by atoms with Gasteiger partial charge in [-0.3, -0.25) is 0 Å². The van der Waals surface area contributed by atoms with Crippen molar-refractivity contribution in [3.8, 4) is 0 Å². The normalized spacial score (nSPS) is 15.2. The van der Waals surface area contributed by atoms with Crippen LogP contribution in [0.4, 0.5) is 0 Å². The summed E-state index contributed by atoms with van der Waals surface area (Å²) in [4.78, 5) is 4.70. The predicted octanol–water partition coefficient (Wildman–Crippen LogP) is 3.83. The van der Waals surface area contributed by atoms with Crippen LogP contribution in [-0.2, 0) is 6.54 Å². The Morgan fingerprint density at radius 3 is 2.44 bits per heavy atom. The van der Waals surface area contributed by atoms with E-state index in [4.69, 9.17) is 16.6 Å². The summed E-state index contributed by atoms with van der Waals surface area (Å²) in [6, 6.07) is 0.382. The van der Waals surface area contributed by atoms with Gasteiger partial charge in [-0.25, -0.2) is 9.67 Å². The monoisotopic (exact) mass is 268 g/mol. The molecule has 0 aromatic carbocycles. The highest BCUT2D eigenvalue weighted by Crippen LogP contribution is 2.30. The fraction of sp³-hybridized carbons (Fsp3) is 0.692. The molecule has 0 radical (unpaired) electrons. The summed E-state index contributed by atoms with van der Waals surface area (Å²) in [6.07, 6.45) is 1.05. The molecule has 2 atom stereocenters. The van der Waals surface area contributed by atoms with Gasteiger partial charge < -0.3 is 4.57 Å². The summed E-state index contributed by atoms with van der Waals surface area (Å²) < 4.78 is 4.27. The van der Waals surface area contributed by atoms with Crippen molar-refractivity contribution in [1.82, 2.24) is 19.3 Å². The largest absolute Gasteiger partial charge is 0.309 e. The second-order valence-electron chi connectivity index (χ2n) is 4.79. The van der Waals surface area contributed by atoms with Gasteiger partial charge >= 0.3 is 0 Å². The Hall–Kier alpha value is -1.03. The lowest BCUT2D eigenvalue weighted by molar-refractivity contribution is 0.504. The van der Waals surface area contributed by atoms with Crippen LogP contribution < -0.4 is 0 Å². The molecule has 18 heavy (non-hydrogen) atoms. The number of rotatable bonds is 4. The highest BCUT2D eigenvalue weighted by molar-refractivity contribution is 6.20. The van der Waals surface area contributed by atoms with Crippen molar-refractivity contribution < 1.29 is 0 Å². The Labute approximate surface area is 113 Å². The van der Waals surface area contributed by atoms with Gasteiger partial charge in [-0.05, 0) is 34.1 Å². The maximum atomic E-state index is 6.27. The van der Waals surface area contributed by atoms with Crippen molar-refractivity contribution in [2.24, 2.45) is 0 Å². The van der Waals surface area contributed by atoms with Crippen LogP contribution in [0.5, 0.6) is 0 Å². The average Bonchev–Trinajstić information content (AvgIpc) is 2.86. The third-order valence-electron chi connectivity index (χ3n) is 3.46. The molecule has 0 saturated carbocycles. The van der Waals surface area contributed by atoms with Gasteiger partial charge in [0.2, 0.25) is 0 Å². The van der Waals surface area contributed by atoms with Crippen LogP contribution in [0.25, 0.3) is 11.2 Å². The minimum absolute atomic E-state index is 0.0869. The number of alkyl halides is 1. The van der Waals surface area contributed by atoms with Gasteiger partial charge in [0.1, 0.15) is 11.3 Å². The fourth-order valence-corrected chi connectivity index (χ4v) is 2.48. The van der Waals surface area contributed by atoms with Crippen molar-refractivity contribution in [3.63, 3.8) is 0 Å².